The van der Waals surface area contributed by atoms with Crippen LogP contribution in [0.4, 0.5) is 5.69 Å². The van der Waals surface area contributed by atoms with E-state index in [0.29, 0.717) is 16.6 Å². The van der Waals surface area contributed by atoms with Gasteiger partial charge in [0.15, 0.2) is 0 Å². The lowest BCUT2D eigenvalue weighted by atomic mass is 10.0. The number of piperidine rings is 1. The Morgan fingerprint density at radius 2 is 2.00 bits per heavy atom. The molecule has 1 aliphatic rings. The molecule has 0 amide bonds. The molecule has 0 aliphatic carbocycles. The largest absolute Gasteiger partial charge is 0.399 e. The van der Waals surface area contributed by atoms with Gasteiger partial charge in [0.25, 0.3) is 0 Å². The summed E-state index contributed by atoms with van der Waals surface area (Å²) in [5.41, 5.74) is 7.94. The lowest BCUT2D eigenvalue weighted by Gasteiger charge is -2.35. The Bertz CT molecular complexity index is 628. The molecule has 1 aromatic rings. The second-order valence-corrected chi connectivity index (χ2v) is 7.82. The highest BCUT2D eigenvalue weighted by atomic mass is 32.2. The van der Waals surface area contributed by atoms with E-state index in [9.17, 15) is 8.42 Å². The van der Waals surface area contributed by atoms with Gasteiger partial charge in [-0.2, -0.15) is 0 Å². The molecule has 0 radical (unpaired) electrons. The molecular weight excluding hydrogens is 286 g/mol. The van der Waals surface area contributed by atoms with Gasteiger partial charge in [0, 0.05) is 17.8 Å². The number of hydrogen-bond donors (Lipinski definition) is 2. The van der Waals surface area contributed by atoms with Gasteiger partial charge in [0.2, 0.25) is 10.0 Å². The topological polar surface area (TPSA) is 75.4 Å². The van der Waals surface area contributed by atoms with Crippen molar-refractivity contribution >= 4 is 15.7 Å². The van der Waals surface area contributed by atoms with Crippen molar-refractivity contribution in [3.05, 3.63) is 23.3 Å². The Hall–Kier alpha value is -1.11. The number of nitrogen functional groups attached to an aromatic ring is 1. The minimum atomic E-state index is -3.53. The van der Waals surface area contributed by atoms with E-state index in [4.69, 9.17) is 5.73 Å². The highest BCUT2D eigenvalue weighted by Crippen LogP contribution is 2.24. The molecule has 1 aromatic carbocycles. The molecule has 0 bridgehead atoms. The molecule has 2 atom stereocenters. The summed E-state index contributed by atoms with van der Waals surface area (Å²) in [6.45, 7) is 6.72. The molecule has 0 spiro atoms. The number of anilines is 1. The lowest BCUT2D eigenvalue weighted by molar-refractivity contribution is 0.178. The van der Waals surface area contributed by atoms with Crippen molar-refractivity contribution in [2.24, 2.45) is 0 Å². The number of aryl methyl sites for hydroxylation is 1. The quantitative estimate of drug-likeness (QED) is 0.832. The first-order valence-electron chi connectivity index (χ1n) is 7.30. The Labute approximate surface area is 127 Å². The maximum absolute atomic E-state index is 12.6. The highest BCUT2D eigenvalue weighted by Gasteiger charge is 2.28. The Balaban J connectivity index is 2.23. The highest BCUT2D eigenvalue weighted by molar-refractivity contribution is 7.89. The van der Waals surface area contributed by atoms with Crippen LogP contribution in [0.15, 0.2) is 17.0 Å². The number of nitrogens with two attached hydrogens (primary N) is 1. The number of sulfonamides is 1. The molecular formula is C15H25N3O2S. The number of likely N-dealkylation sites (tertiary alicyclic amines) is 1. The lowest BCUT2D eigenvalue weighted by Crippen LogP contribution is -2.47. The summed E-state index contributed by atoms with van der Waals surface area (Å²) >= 11 is 0. The van der Waals surface area contributed by atoms with E-state index in [1.54, 1.807) is 12.1 Å². The molecule has 6 heteroatoms. The third-order valence-electron chi connectivity index (χ3n) is 4.46. The summed E-state index contributed by atoms with van der Waals surface area (Å²) in [5.74, 6) is 0. The molecule has 1 fully saturated rings. The minimum Gasteiger partial charge on any atom is -0.399 e. The molecule has 0 saturated carbocycles. The van der Waals surface area contributed by atoms with Gasteiger partial charge >= 0.3 is 0 Å². The summed E-state index contributed by atoms with van der Waals surface area (Å²) < 4.78 is 28.1. The van der Waals surface area contributed by atoms with Gasteiger partial charge in [-0.25, -0.2) is 13.1 Å². The van der Waals surface area contributed by atoms with Crippen LogP contribution in [0.3, 0.4) is 0 Å². The van der Waals surface area contributed by atoms with Crippen LogP contribution >= 0.6 is 0 Å². The summed E-state index contributed by atoms with van der Waals surface area (Å²) in [7, 11) is -1.45. The third-order valence-corrected chi connectivity index (χ3v) is 6.11. The van der Waals surface area contributed by atoms with Crippen LogP contribution < -0.4 is 10.5 Å². The van der Waals surface area contributed by atoms with Gasteiger partial charge in [-0.1, -0.05) is 0 Å². The van der Waals surface area contributed by atoms with Crippen molar-refractivity contribution in [1.29, 1.82) is 0 Å². The molecule has 3 N–H and O–H groups in total. The second kappa shape index (κ2) is 5.94. The van der Waals surface area contributed by atoms with E-state index < -0.39 is 10.0 Å². The first-order valence-corrected chi connectivity index (χ1v) is 8.78. The van der Waals surface area contributed by atoms with E-state index in [1.165, 1.54) is 0 Å². The zero-order chi connectivity index (χ0) is 15.8. The van der Waals surface area contributed by atoms with Gasteiger partial charge in [-0.3, -0.25) is 0 Å². The predicted molar refractivity (Wildman–Crippen MR) is 85.8 cm³/mol. The molecule has 0 aromatic heterocycles. The molecule has 1 aliphatic heterocycles. The zero-order valence-electron chi connectivity index (χ0n) is 13.2. The summed E-state index contributed by atoms with van der Waals surface area (Å²) in [6, 6.07) is 3.71. The van der Waals surface area contributed by atoms with Crippen LogP contribution in [0.2, 0.25) is 0 Å². The van der Waals surface area contributed by atoms with Crippen LogP contribution in [-0.2, 0) is 10.0 Å². The zero-order valence-corrected chi connectivity index (χ0v) is 14.0. The second-order valence-electron chi connectivity index (χ2n) is 6.13. The fourth-order valence-electron chi connectivity index (χ4n) is 2.81. The maximum Gasteiger partial charge on any atom is 0.241 e. The van der Waals surface area contributed by atoms with Crippen LogP contribution in [-0.4, -0.2) is 39.0 Å². The van der Waals surface area contributed by atoms with Crippen LogP contribution in [0.1, 0.15) is 30.9 Å². The van der Waals surface area contributed by atoms with Crippen LogP contribution in [0.25, 0.3) is 0 Å². The summed E-state index contributed by atoms with van der Waals surface area (Å²) in [5, 5.41) is 0. The fourth-order valence-corrected chi connectivity index (χ4v) is 4.45. The van der Waals surface area contributed by atoms with Crippen molar-refractivity contribution in [1.82, 2.24) is 9.62 Å². The Morgan fingerprint density at radius 1 is 1.33 bits per heavy atom. The standard InChI is InChI=1S/C15H25N3O2S/c1-10-7-13(16)9-15(12(10)3)21(19,20)17-14-5-6-18(4)11(2)8-14/h7,9,11,14,17H,5-6,8,16H2,1-4H3. The number of benzene rings is 1. The molecule has 118 valence electrons. The first kappa shape index (κ1) is 16.3. The molecule has 1 saturated heterocycles. The van der Waals surface area contributed by atoms with E-state index in [1.807, 2.05) is 13.8 Å². The smallest absolute Gasteiger partial charge is 0.241 e. The third kappa shape index (κ3) is 3.56. The van der Waals surface area contributed by atoms with E-state index in [2.05, 4.69) is 23.6 Å². The Kier molecular flexibility index (Phi) is 4.60. The van der Waals surface area contributed by atoms with Gasteiger partial charge in [0.05, 0.1) is 4.90 Å². The summed E-state index contributed by atoms with van der Waals surface area (Å²) in [4.78, 5) is 2.55. The number of rotatable bonds is 3. The van der Waals surface area contributed by atoms with E-state index in [-0.39, 0.29) is 6.04 Å². The first-order chi connectivity index (χ1) is 9.70. The molecule has 2 unspecified atom stereocenters. The van der Waals surface area contributed by atoms with E-state index >= 15 is 0 Å². The van der Waals surface area contributed by atoms with Crippen molar-refractivity contribution in [3.63, 3.8) is 0 Å². The van der Waals surface area contributed by atoms with Crippen molar-refractivity contribution in [2.75, 3.05) is 19.3 Å². The van der Waals surface area contributed by atoms with Gasteiger partial charge in [-0.05, 0) is 70.5 Å². The summed E-state index contributed by atoms with van der Waals surface area (Å²) in [6.07, 6.45) is 1.66. The molecule has 2 rings (SSSR count). The number of nitrogens with zero attached hydrogens (tertiary/aromatic N) is 1. The molecule has 5 nitrogen and oxygen atoms in total. The number of nitrogens with one attached hydrogen (secondary N) is 1. The van der Waals surface area contributed by atoms with Gasteiger partial charge in [0.1, 0.15) is 0 Å². The van der Waals surface area contributed by atoms with Crippen molar-refractivity contribution < 1.29 is 8.42 Å². The van der Waals surface area contributed by atoms with Crippen molar-refractivity contribution in [2.45, 2.75) is 50.6 Å². The maximum atomic E-state index is 12.6. The van der Waals surface area contributed by atoms with Crippen LogP contribution in [0.5, 0.6) is 0 Å². The average Bonchev–Trinajstić information content (AvgIpc) is 2.37. The predicted octanol–water partition coefficient (Wildman–Crippen LogP) is 1.65. The minimum absolute atomic E-state index is 0.0117. The number of hydrogen-bond acceptors (Lipinski definition) is 4. The van der Waals surface area contributed by atoms with Crippen LogP contribution in [0, 0.1) is 13.8 Å². The monoisotopic (exact) mass is 311 g/mol. The Morgan fingerprint density at radius 3 is 2.62 bits per heavy atom. The van der Waals surface area contributed by atoms with Crippen molar-refractivity contribution in [3.8, 4) is 0 Å². The normalized spacial score (nSPS) is 24.2. The fraction of sp³-hybridized carbons (Fsp3) is 0.600. The van der Waals surface area contributed by atoms with Gasteiger partial charge in [-0.15, -0.1) is 0 Å². The average molecular weight is 311 g/mol. The molecule has 1 heterocycles. The molecule has 21 heavy (non-hydrogen) atoms. The van der Waals surface area contributed by atoms with Gasteiger partial charge < -0.3 is 10.6 Å². The SMILES string of the molecule is Cc1cc(N)cc(S(=O)(=O)NC2CCN(C)C(C)C2)c1C. The van der Waals surface area contributed by atoms with E-state index in [0.717, 1.165) is 30.5 Å².